The summed E-state index contributed by atoms with van der Waals surface area (Å²) in [7, 11) is 2.11. The zero-order valence-electron chi connectivity index (χ0n) is 15.0. The Bertz CT molecular complexity index is 825. The number of piperidine rings is 1. The Kier molecular flexibility index (Phi) is 4.68. The highest BCUT2D eigenvalue weighted by molar-refractivity contribution is 5.94. The molecule has 2 aliphatic rings. The molecule has 1 aromatic heterocycles. The Morgan fingerprint density at radius 3 is 3.04 bits per heavy atom. The van der Waals surface area contributed by atoms with Crippen molar-refractivity contribution >= 4 is 5.91 Å². The number of hydrogen-bond acceptors (Lipinski definition) is 4. The van der Waals surface area contributed by atoms with Gasteiger partial charge in [0.25, 0.3) is 5.91 Å². The molecule has 1 amide bonds. The summed E-state index contributed by atoms with van der Waals surface area (Å²) in [6, 6.07) is 5.90. The molecule has 0 saturated carbocycles. The van der Waals surface area contributed by atoms with Crippen LogP contribution in [-0.4, -0.2) is 52.4 Å². The van der Waals surface area contributed by atoms with Crippen molar-refractivity contribution in [3.63, 3.8) is 0 Å². The van der Waals surface area contributed by atoms with Crippen LogP contribution in [0, 0.1) is 5.82 Å². The van der Waals surface area contributed by atoms with Crippen LogP contribution in [0.3, 0.4) is 0 Å². The Hall–Kier alpha value is -2.34. The van der Waals surface area contributed by atoms with Crippen molar-refractivity contribution in [2.45, 2.75) is 31.7 Å². The highest BCUT2D eigenvalue weighted by Gasteiger charge is 2.28. The molecule has 0 bridgehead atoms. The first-order valence-electron chi connectivity index (χ1n) is 9.18. The number of hydrogen-bond donors (Lipinski definition) is 0. The number of likely N-dealkylation sites (N-methyl/N-ethyl adjacent to an activating group) is 1. The van der Waals surface area contributed by atoms with E-state index in [2.05, 4.69) is 16.9 Å². The van der Waals surface area contributed by atoms with Crippen LogP contribution in [-0.2, 0) is 13.0 Å². The standard InChI is InChI=1S/C20H23FN4O/c1-24-9-7-18-16(12-24)11-22-19(23-18)15-5-3-8-25(13-15)20(26)14-4-2-6-17(21)10-14/h2,4,6,10-11,15H,3,5,7-9,12-13H2,1H3. The van der Waals surface area contributed by atoms with Gasteiger partial charge in [-0.2, -0.15) is 0 Å². The fraction of sp³-hybridized carbons (Fsp3) is 0.450. The van der Waals surface area contributed by atoms with Gasteiger partial charge in [-0.1, -0.05) is 6.07 Å². The molecule has 4 rings (SSSR count). The molecule has 2 aliphatic heterocycles. The van der Waals surface area contributed by atoms with Gasteiger partial charge in [-0.25, -0.2) is 14.4 Å². The lowest BCUT2D eigenvalue weighted by atomic mass is 9.96. The Morgan fingerprint density at radius 1 is 1.31 bits per heavy atom. The van der Waals surface area contributed by atoms with E-state index in [1.165, 1.54) is 17.7 Å². The molecule has 1 saturated heterocycles. The maximum absolute atomic E-state index is 13.4. The molecular formula is C20H23FN4O. The molecule has 0 aliphatic carbocycles. The molecule has 1 aromatic carbocycles. The van der Waals surface area contributed by atoms with Gasteiger partial charge in [0.1, 0.15) is 11.6 Å². The van der Waals surface area contributed by atoms with Gasteiger partial charge in [0.15, 0.2) is 0 Å². The molecule has 5 nitrogen and oxygen atoms in total. The Labute approximate surface area is 152 Å². The molecule has 3 heterocycles. The SMILES string of the molecule is CN1CCc2nc(C3CCCN(C(=O)c4cccc(F)c4)C3)ncc2C1. The predicted molar refractivity (Wildman–Crippen MR) is 96.3 cm³/mol. The highest BCUT2D eigenvalue weighted by atomic mass is 19.1. The lowest BCUT2D eigenvalue weighted by Crippen LogP contribution is -2.39. The van der Waals surface area contributed by atoms with Crippen LogP contribution in [0.25, 0.3) is 0 Å². The first kappa shape index (κ1) is 17.1. The summed E-state index contributed by atoms with van der Waals surface area (Å²) < 4.78 is 13.4. The van der Waals surface area contributed by atoms with Gasteiger partial charge in [-0.15, -0.1) is 0 Å². The lowest BCUT2D eigenvalue weighted by Gasteiger charge is -2.32. The van der Waals surface area contributed by atoms with Crippen molar-refractivity contribution in [1.82, 2.24) is 19.8 Å². The number of likely N-dealkylation sites (tertiary alicyclic amines) is 1. The highest BCUT2D eigenvalue weighted by Crippen LogP contribution is 2.27. The number of halogens is 1. The van der Waals surface area contributed by atoms with Crippen LogP contribution in [0.4, 0.5) is 4.39 Å². The maximum atomic E-state index is 13.4. The van der Waals surface area contributed by atoms with E-state index in [0.29, 0.717) is 18.7 Å². The van der Waals surface area contributed by atoms with Crippen molar-refractivity contribution < 1.29 is 9.18 Å². The van der Waals surface area contributed by atoms with Gasteiger partial charge in [0.05, 0.1) is 0 Å². The van der Waals surface area contributed by atoms with Crippen LogP contribution in [0.15, 0.2) is 30.5 Å². The van der Waals surface area contributed by atoms with Crippen LogP contribution in [0.2, 0.25) is 0 Å². The van der Waals surface area contributed by atoms with E-state index in [-0.39, 0.29) is 17.6 Å². The first-order chi connectivity index (χ1) is 12.6. The van der Waals surface area contributed by atoms with Crippen molar-refractivity contribution in [3.8, 4) is 0 Å². The number of fused-ring (bicyclic) bond motifs is 1. The molecule has 1 unspecified atom stereocenters. The fourth-order valence-corrected chi connectivity index (χ4v) is 3.85. The number of nitrogens with zero attached hydrogens (tertiary/aromatic N) is 4. The zero-order chi connectivity index (χ0) is 18.1. The van der Waals surface area contributed by atoms with Gasteiger partial charge in [-0.05, 0) is 38.1 Å². The third-order valence-corrected chi connectivity index (χ3v) is 5.29. The molecular weight excluding hydrogens is 331 g/mol. The van der Waals surface area contributed by atoms with E-state index in [0.717, 1.165) is 43.9 Å². The quantitative estimate of drug-likeness (QED) is 0.832. The van der Waals surface area contributed by atoms with Crippen LogP contribution in [0.5, 0.6) is 0 Å². The normalized spacial score (nSPS) is 20.7. The Morgan fingerprint density at radius 2 is 2.19 bits per heavy atom. The fourth-order valence-electron chi connectivity index (χ4n) is 3.85. The van der Waals surface area contributed by atoms with E-state index < -0.39 is 0 Å². The smallest absolute Gasteiger partial charge is 0.253 e. The van der Waals surface area contributed by atoms with Gasteiger partial charge in [-0.3, -0.25) is 4.79 Å². The zero-order valence-corrected chi connectivity index (χ0v) is 15.0. The van der Waals surface area contributed by atoms with E-state index in [1.54, 1.807) is 17.0 Å². The second kappa shape index (κ2) is 7.11. The average Bonchev–Trinajstić information content (AvgIpc) is 2.67. The summed E-state index contributed by atoms with van der Waals surface area (Å²) in [6.07, 6.45) is 4.78. The van der Waals surface area contributed by atoms with E-state index in [4.69, 9.17) is 4.98 Å². The molecule has 0 spiro atoms. The summed E-state index contributed by atoms with van der Waals surface area (Å²) in [6.45, 7) is 3.19. The molecule has 0 N–H and O–H groups in total. The minimum atomic E-state index is -0.382. The van der Waals surface area contributed by atoms with Gasteiger partial charge >= 0.3 is 0 Å². The monoisotopic (exact) mass is 354 g/mol. The summed E-state index contributed by atoms with van der Waals surface area (Å²) >= 11 is 0. The average molecular weight is 354 g/mol. The maximum Gasteiger partial charge on any atom is 0.253 e. The number of amides is 1. The number of carbonyl (C=O) groups excluding carboxylic acids is 1. The second-order valence-electron chi connectivity index (χ2n) is 7.29. The summed E-state index contributed by atoms with van der Waals surface area (Å²) in [4.78, 5) is 26.2. The van der Waals surface area contributed by atoms with Gasteiger partial charge in [0.2, 0.25) is 0 Å². The van der Waals surface area contributed by atoms with Crippen LogP contribution < -0.4 is 0 Å². The third kappa shape index (κ3) is 3.46. The number of aromatic nitrogens is 2. The summed E-state index contributed by atoms with van der Waals surface area (Å²) in [5.41, 5.74) is 2.74. The topological polar surface area (TPSA) is 49.3 Å². The van der Waals surface area contributed by atoms with Crippen molar-refractivity contribution in [2.75, 3.05) is 26.7 Å². The largest absolute Gasteiger partial charge is 0.338 e. The number of benzene rings is 1. The molecule has 136 valence electrons. The lowest BCUT2D eigenvalue weighted by molar-refractivity contribution is 0.0704. The second-order valence-corrected chi connectivity index (χ2v) is 7.29. The van der Waals surface area contributed by atoms with Crippen molar-refractivity contribution in [3.05, 3.63) is 58.9 Å². The van der Waals surface area contributed by atoms with E-state index in [9.17, 15) is 9.18 Å². The summed E-state index contributed by atoms with van der Waals surface area (Å²) in [5.74, 6) is 0.484. The predicted octanol–water partition coefficient (Wildman–Crippen LogP) is 2.62. The number of rotatable bonds is 2. The molecule has 1 atom stereocenters. The molecule has 6 heteroatoms. The molecule has 1 fully saturated rings. The molecule has 2 aromatic rings. The third-order valence-electron chi connectivity index (χ3n) is 5.29. The van der Waals surface area contributed by atoms with Crippen LogP contribution in [0.1, 0.15) is 46.2 Å². The van der Waals surface area contributed by atoms with Crippen molar-refractivity contribution in [1.29, 1.82) is 0 Å². The Balaban J connectivity index is 1.51. The van der Waals surface area contributed by atoms with Gasteiger partial charge < -0.3 is 9.80 Å². The van der Waals surface area contributed by atoms with Gasteiger partial charge in [0, 0.05) is 61.5 Å². The van der Waals surface area contributed by atoms with Crippen LogP contribution >= 0.6 is 0 Å². The molecule has 26 heavy (non-hydrogen) atoms. The van der Waals surface area contributed by atoms with E-state index >= 15 is 0 Å². The minimum absolute atomic E-state index is 0.117. The van der Waals surface area contributed by atoms with Crippen molar-refractivity contribution in [2.24, 2.45) is 0 Å². The minimum Gasteiger partial charge on any atom is -0.338 e. The summed E-state index contributed by atoms with van der Waals surface area (Å²) in [5, 5.41) is 0. The number of carbonyl (C=O) groups is 1. The molecule has 0 radical (unpaired) electrons. The van der Waals surface area contributed by atoms with E-state index in [1.807, 2.05) is 6.20 Å². The first-order valence-corrected chi connectivity index (χ1v) is 9.18.